The zero-order valence-electron chi connectivity index (χ0n) is 33.8. The second-order valence-electron chi connectivity index (χ2n) is 14.8. The van der Waals surface area contributed by atoms with Crippen molar-refractivity contribution >= 4 is 72.1 Å². The Balaban J connectivity index is 1.05. The third-order valence-electron chi connectivity index (χ3n) is 11.0. The molecule has 4 saturated heterocycles. The smallest absolute Gasteiger partial charge is 0.398 e. The Labute approximate surface area is 361 Å². The van der Waals surface area contributed by atoms with Crippen LogP contribution in [0.4, 0.5) is 0 Å². The topological polar surface area (TPSA) is 145 Å². The molecule has 2 aromatic heterocycles. The van der Waals surface area contributed by atoms with Gasteiger partial charge in [0.2, 0.25) is 0 Å². The molecule has 4 aliphatic rings. The Morgan fingerprint density at radius 1 is 0.500 bits per heavy atom. The summed E-state index contributed by atoms with van der Waals surface area (Å²) in [5.74, 6) is 0.531. The van der Waals surface area contributed by atoms with Crippen LogP contribution in [-0.4, -0.2) is 59.1 Å². The summed E-state index contributed by atoms with van der Waals surface area (Å²) in [6.45, 7) is 5.80. The van der Waals surface area contributed by atoms with Crippen LogP contribution in [0.15, 0.2) is 107 Å². The number of benzene rings is 5. The van der Waals surface area contributed by atoms with Gasteiger partial charge in [0, 0.05) is 32.0 Å². The molecule has 0 amide bonds. The number of ether oxygens (including phenoxy) is 8. The van der Waals surface area contributed by atoms with E-state index in [0.29, 0.717) is 80.9 Å². The van der Waals surface area contributed by atoms with E-state index >= 15 is 0 Å². The zero-order valence-corrected chi connectivity index (χ0v) is 36.4. The fourth-order valence-electron chi connectivity index (χ4n) is 8.16. The van der Waals surface area contributed by atoms with Crippen LogP contribution in [0.25, 0.3) is 43.9 Å². The lowest BCUT2D eigenvalue weighted by Crippen LogP contribution is -2.00. The van der Waals surface area contributed by atoms with E-state index in [9.17, 15) is 0 Å². The molecule has 0 radical (unpaired) electrons. The van der Waals surface area contributed by atoms with Gasteiger partial charge in [-0.2, -0.15) is 0 Å². The third-order valence-corrected chi connectivity index (χ3v) is 13.7. The van der Waals surface area contributed by atoms with Crippen molar-refractivity contribution < 1.29 is 63.7 Å². The molecule has 0 unspecified atom stereocenters. The molecule has 62 heavy (non-hydrogen) atoms. The van der Waals surface area contributed by atoms with Gasteiger partial charge in [0.15, 0.2) is 47.5 Å². The largest absolute Gasteiger partial charge is 0.453 e. The van der Waals surface area contributed by atoms with Crippen LogP contribution < -0.4 is 9.05 Å². The molecule has 0 spiro atoms. The second-order valence-corrected chi connectivity index (χ2v) is 17.7. The van der Waals surface area contributed by atoms with E-state index in [4.69, 9.17) is 63.7 Å². The van der Waals surface area contributed by atoms with Gasteiger partial charge in [-0.25, -0.2) is 0 Å². The summed E-state index contributed by atoms with van der Waals surface area (Å²) in [7, 11) is -4.27. The summed E-state index contributed by atoms with van der Waals surface area (Å²) in [6.07, 6.45) is -0.415. The van der Waals surface area contributed by atoms with Crippen molar-refractivity contribution in [2.45, 2.75) is 43.6 Å². The van der Waals surface area contributed by atoms with Gasteiger partial charge in [-0.1, -0.05) is 72.8 Å². The van der Waals surface area contributed by atoms with Gasteiger partial charge in [0.05, 0.1) is 81.7 Å². The molecule has 0 bridgehead atoms. The molecule has 7 aromatic rings. The third kappa shape index (κ3) is 7.74. The van der Waals surface area contributed by atoms with Crippen LogP contribution in [0.2, 0.25) is 0 Å². The van der Waals surface area contributed by atoms with Crippen molar-refractivity contribution in [2.24, 2.45) is 0 Å². The van der Waals surface area contributed by atoms with Gasteiger partial charge >= 0.3 is 16.5 Å². The maximum Gasteiger partial charge on any atom is 0.453 e. The summed E-state index contributed by atoms with van der Waals surface area (Å²) >= 11 is 1.61. The number of para-hydroxylation sites is 4. The Morgan fingerprint density at radius 2 is 0.855 bits per heavy atom. The quantitative estimate of drug-likeness (QED) is 0.120. The van der Waals surface area contributed by atoms with Gasteiger partial charge < -0.3 is 59.2 Å². The molecular weight excluding hydrogens is 858 g/mol. The fraction of sp³-hybridized carbons (Fsp3) is 0.333. The highest BCUT2D eigenvalue weighted by molar-refractivity contribution is 7.98. The van der Waals surface area contributed by atoms with Gasteiger partial charge in [0.1, 0.15) is 5.75 Å². The van der Waals surface area contributed by atoms with Crippen LogP contribution in [-0.2, 0) is 44.5 Å². The van der Waals surface area contributed by atoms with E-state index in [0.717, 1.165) is 59.8 Å². The zero-order chi connectivity index (χ0) is 41.6. The molecule has 11 rings (SSSR count). The number of thioether (sulfide) groups is 1. The minimum absolute atomic E-state index is 0.0402. The Kier molecular flexibility index (Phi) is 11.5. The molecule has 0 saturated carbocycles. The first kappa shape index (κ1) is 40.5. The molecule has 4 fully saturated rings. The first-order valence-electron chi connectivity index (χ1n) is 20.4. The summed E-state index contributed by atoms with van der Waals surface area (Å²) in [5.41, 5.74) is 6.72. The van der Waals surface area contributed by atoms with Crippen molar-refractivity contribution in [2.75, 3.05) is 59.1 Å². The van der Waals surface area contributed by atoms with E-state index in [1.54, 1.807) is 11.8 Å². The van der Waals surface area contributed by atoms with Crippen molar-refractivity contribution in [1.82, 2.24) is 0 Å². The van der Waals surface area contributed by atoms with Crippen molar-refractivity contribution in [3.63, 3.8) is 0 Å². The molecule has 0 aliphatic carbocycles. The molecule has 0 N–H and O–H groups in total. The summed E-state index contributed by atoms with van der Waals surface area (Å²) < 4.78 is 88.6. The van der Waals surface area contributed by atoms with E-state index in [1.807, 2.05) is 92.0 Å². The first-order chi connectivity index (χ1) is 30.6. The second kappa shape index (κ2) is 17.7. The van der Waals surface area contributed by atoms with Crippen molar-refractivity contribution in [3.05, 3.63) is 118 Å². The summed E-state index contributed by atoms with van der Waals surface area (Å²) in [5, 5.41) is 3.21. The summed E-state index contributed by atoms with van der Waals surface area (Å²) in [4.78, 5) is 1.01. The number of fused-ring (bicyclic) bond motifs is 6. The Bertz CT molecular complexity index is 2700. The van der Waals surface area contributed by atoms with Crippen LogP contribution in [0, 0.1) is 6.92 Å². The predicted molar refractivity (Wildman–Crippen MR) is 230 cm³/mol. The fourth-order valence-corrected chi connectivity index (χ4v) is 11.0. The molecule has 322 valence electrons. The average Bonchev–Trinajstić information content (AvgIpc) is 4.15. The molecule has 6 heterocycles. The van der Waals surface area contributed by atoms with Crippen LogP contribution in [0.3, 0.4) is 0 Å². The Morgan fingerprint density at radius 3 is 1.21 bits per heavy atom. The lowest BCUT2D eigenvalue weighted by Gasteiger charge is -2.14. The van der Waals surface area contributed by atoms with Gasteiger partial charge in [-0.15, -0.1) is 11.8 Å². The summed E-state index contributed by atoms with van der Waals surface area (Å²) in [6, 6.07) is 27.7. The SMILES string of the molecule is CSc1cc(C)c(Op2oc3c(C4OCCO4)cccc3c3cccc(C4OCCO4)c3o2)c(COp2oc3c(C4OCCO4)cccc3c3cccc(C4OCCO4)c3o2)c1. The van der Waals surface area contributed by atoms with Crippen LogP contribution in [0.5, 0.6) is 5.75 Å². The van der Waals surface area contributed by atoms with Crippen molar-refractivity contribution in [3.8, 4) is 5.75 Å². The predicted octanol–water partition coefficient (Wildman–Crippen LogP) is 11.6. The average molecular weight is 901 g/mol. The minimum atomic E-state index is -2.17. The van der Waals surface area contributed by atoms with E-state index in [1.165, 1.54) is 0 Å². The number of rotatable bonds is 10. The highest BCUT2D eigenvalue weighted by Gasteiger charge is 2.29. The Hall–Kier alpha value is -4.31. The highest BCUT2D eigenvalue weighted by Crippen LogP contribution is 2.46. The molecule has 4 aliphatic heterocycles. The van der Waals surface area contributed by atoms with Crippen LogP contribution >= 0.6 is 28.2 Å². The van der Waals surface area contributed by atoms with E-state index < -0.39 is 41.6 Å². The molecular formula is C45H42O14P2S. The van der Waals surface area contributed by atoms with Crippen LogP contribution in [0.1, 0.15) is 58.5 Å². The monoisotopic (exact) mass is 900 g/mol. The van der Waals surface area contributed by atoms with Gasteiger partial charge in [0.25, 0.3) is 0 Å². The van der Waals surface area contributed by atoms with Gasteiger partial charge in [-0.3, -0.25) is 4.52 Å². The van der Waals surface area contributed by atoms with E-state index in [2.05, 4.69) is 6.07 Å². The molecule has 17 heteroatoms. The normalized spacial score (nSPS) is 18.0. The number of hydrogen-bond acceptors (Lipinski definition) is 15. The van der Waals surface area contributed by atoms with Crippen molar-refractivity contribution in [1.29, 1.82) is 0 Å². The highest BCUT2D eigenvalue weighted by atomic mass is 32.2. The number of aryl methyl sites for hydroxylation is 1. The minimum Gasteiger partial charge on any atom is -0.398 e. The van der Waals surface area contributed by atoms with Gasteiger partial charge in [-0.05, 0) is 30.9 Å². The standard InChI is InChI=1S/C45H42O14P2S/c1-26-23-28(62-2)24-27(25-54-60-56-38-29(7-3-11-33(38)42-46-15-16-47-42)30-8-4-12-34(39(30)57-60)43-48-17-18-49-43)37(26)55-61-58-40-31(9-5-13-35(40)44-50-19-20-51-44)32-10-6-14-36(41(32)59-61)45-52-21-22-53-45/h3-14,23-24,42-45H,15-22,25H2,1-2H3. The number of hydrogen-bond donors (Lipinski definition) is 0. The molecule has 0 atom stereocenters. The van der Waals surface area contributed by atoms with E-state index in [-0.39, 0.29) is 6.61 Å². The molecule has 5 aromatic carbocycles. The molecule has 14 nitrogen and oxygen atoms in total. The lowest BCUT2D eigenvalue weighted by atomic mass is 10.0. The lowest BCUT2D eigenvalue weighted by molar-refractivity contribution is -0.0437. The first-order valence-corrected chi connectivity index (χ1v) is 23.8. The maximum absolute atomic E-state index is 6.92. The maximum atomic E-state index is 6.92.